The second-order valence-electron chi connectivity index (χ2n) is 12.6. The highest BCUT2D eigenvalue weighted by Crippen LogP contribution is 2.44. The van der Waals surface area contributed by atoms with Crippen LogP contribution >= 0.6 is 0 Å². The standard InChI is InChI=1S/C40H37N3O8/c1-2-21-42-36(45)34(37(46)43(40(42)50)33(38(47)48)23-26-15-7-4-8-16-26)35(44)32(22-25-13-5-3-6-14-25)41-39(49)51-24-31-29-19-11-9-17-27(29)28-18-10-12-20-30(28)31/h3-20,31-34H,2,21-24H2,1H3,(H,41,49)(H,47,48). The van der Waals surface area contributed by atoms with Crippen molar-refractivity contribution in [2.75, 3.05) is 13.2 Å². The Hall–Kier alpha value is -6.10. The maximum Gasteiger partial charge on any atom is 0.407 e. The summed E-state index contributed by atoms with van der Waals surface area (Å²) in [6.45, 7) is 1.51. The van der Waals surface area contributed by atoms with Crippen LogP contribution in [-0.2, 0) is 36.8 Å². The monoisotopic (exact) mass is 687 g/mol. The molecular weight excluding hydrogens is 650 g/mol. The van der Waals surface area contributed by atoms with E-state index in [1.54, 1.807) is 67.6 Å². The summed E-state index contributed by atoms with van der Waals surface area (Å²) in [5.74, 6) is -7.11. The topological polar surface area (TPSA) is 150 Å². The Bertz CT molecular complexity index is 1920. The average Bonchev–Trinajstić information content (AvgIpc) is 3.46. The summed E-state index contributed by atoms with van der Waals surface area (Å²) in [4.78, 5) is 83.1. The van der Waals surface area contributed by atoms with Gasteiger partial charge < -0.3 is 15.2 Å². The van der Waals surface area contributed by atoms with E-state index in [1.807, 2.05) is 48.5 Å². The fourth-order valence-electron chi connectivity index (χ4n) is 6.86. The highest BCUT2D eigenvalue weighted by Gasteiger charge is 2.53. The Morgan fingerprint density at radius 2 is 1.27 bits per heavy atom. The highest BCUT2D eigenvalue weighted by molar-refractivity contribution is 6.28. The van der Waals surface area contributed by atoms with Crippen molar-refractivity contribution in [1.82, 2.24) is 15.1 Å². The molecule has 1 aliphatic carbocycles. The van der Waals surface area contributed by atoms with E-state index in [4.69, 9.17) is 4.74 Å². The minimum Gasteiger partial charge on any atom is -0.480 e. The van der Waals surface area contributed by atoms with Gasteiger partial charge in [-0.3, -0.25) is 19.3 Å². The Morgan fingerprint density at radius 3 is 1.82 bits per heavy atom. The molecule has 1 aliphatic heterocycles. The number of barbiturate groups is 1. The molecule has 0 aromatic heterocycles. The fourth-order valence-corrected chi connectivity index (χ4v) is 6.86. The third-order valence-electron chi connectivity index (χ3n) is 9.30. The number of nitrogens with one attached hydrogen (secondary N) is 1. The summed E-state index contributed by atoms with van der Waals surface area (Å²) in [7, 11) is 0. The molecule has 3 atom stereocenters. The molecule has 51 heavy (non-hydrogen) atoms. The molecule has 3 unspecified atom stereocenters. The van der Waals surface area contributed by atoms with Gasteiger partial charge in [0.2, 0.25) is 0 Å². The van der Waals surface area contributed by atoms with E-state index < -0.39 is 53.7 Å². The van der Waals surface area contributed by atoms with Crippen molar-refractivity contribution < 1.29 is 38.6 Å². The SMILES string of the molecule is CCCN1C(=O)C(C(=O)C(Cc2ccccc2)NC(=O)OCC2c3ccccc3-c3ccccc32)C(=O)N(C(Cc2ccccc2)C(=O)O)C1=O. The molecule has 4 aromatic rings. The van der Waals surface area contributed by atoms with E-state index in [0.717, 1.165) is 27.2 Å². The van der Waals surface area contributed by atoms with Crippen LogP contribution in [-0.4, -0.2) is 75.8 Å². The number of carbonyl (C=O) groups excluding carboxylic acids is 5. The second-order valence-corrected chi connectivity index (χ2v) is 12.6. The molecule has 0 spiro atoms. The molecule has 1 fully saturated rings. The van der Waals surface area contributed by atoms with Crippen LogP contribution in [0.3, 0.4) is 0 Å². The summed E-state index contributed by atoms with van der Waals surface area (Å²) < 4.78 is 5.71. The normalized spacial score (nSPS) is 16.6. The first kappa shape index (κ1) is 34.8. The number of hydrogen-bond acceptors (Lipinski definition) is 7. The largest absolute Gasteiger partial charge is 0.480 e. The molecule has 11 heteroatoms. The number of nitrogens with zero attached hydrogens (tertiary/aromatic N) is 2. The van der Waals surface area contributed by atoms with Gasteiger partial charge in [-0.15, -0.1) is 0 Å². The van der Waals surface area contributed by atoms with Crippen LogP contribution in [0.2, 0.25) is 0 Å². The highest BCUT2D eigenvalue weighted by atomic mass is 16.5. The summed E-state index contributed by atoms with van der Waals surface area (Å²) in [6, 6.07) is 28.6. The van der Waals surface area contributed by atoms with Crippen molar-refractivity contribution in [3.05, 3.63) is 131 Å². The molecule has 0 saturated carbocycles. The third kappa shape index (κ3) is 7.14. The number of benzene rings is 4. The van der Waals surface area contributed by atoms with E-state index in [1.165, 1.54) is 0 Å². The number of imide groups is 2. The molecule has 4 aromatic carbocycles. The number of hydrogen-bond donors (Lipinski definition) is 2. The molecule has 2 aliphatic rings. The van der Waals surface area contributed by atoms with Gasteiger partial charge in [0.15, 0.2) is 11.7 Å². The molecule has 260 valence electrons. The predicted octanol–water partition coefficient (Wildman–Crippen LogP) is 5.22. The van der Waals surface area contributed by atoms with Crippen LogP contribution in [0, 0.1) is 5.92 Å². The quantitative estimate of drug-likeness (QED) is 0.182. The number of carbonyl (C=O) groups is 6. The molecule has 1 heterocycles. The minimum absolute atomic E-state index is 0.0419. The number of aliphatic carboxylic acids is 1. The Kier molecular flexibility index (Phi) is 10.4. The second kappa shape index (κ2) is 15.2. The molecule has 1 saturated heterocycles. The van der Waals surface area contributed by atoms with E-state index in [9.17, 15) is 33.9 Å². The predicted molar refractivity (Wildman–Crippen MR) is 186 cm³/mol. The van der Waals surface area contributed by atoms with Crippen molar-refractivity contribution in [2.24, 2.45) is 5.92 Å². The first-order chi connectivity index (χ1) is 24.7. The van der Waals surface area contributed by atoms with Gasteiger partial charge in [-0.1, -0.05) is 116 Å². The average molecular weight is 688 g/mol. The molecule has 2 N–H and O–H groups in total. The van der Waals surface area contributed by atoms with Crippen molar-refractivity contribution >= 4 is 35.7 Å². The fraction of sp³-hybridized carbons (Fsp3) is 0.250. The van der Waals surface area contributed by atoms with Gasteiger partial charge in [0.25, 0.3) is 11.8 Å². The zero-order valence-corrected chi connectivity index (χ0v) is 27.9. The molecule has 11 nitrogen and oxygen atoms in total. The molecular formula is C40H37N3O8. The van der Waals surface area contributed by atoms with Crippen molar-refractivity contribution in [2.45, 2.75) is 44.2 Å². The minimum atomic E-state index is -2.07. The Balaban J connectivity index is 1.28. The lowest BCUT2D eigenvalue weighted by molar-refractivity contribution is -0.160. The number of fused-ring (bicyclic) bond motifs is 3. The number of urea groups is 1. The van der Waals surface area contributed by atoms with Gasteiger partial charge in [-0.05, 0) is 46.2 Å². The lowest BCUT2D eigenvalue weighted by Gasteiger charge is -2.39. The van der Waals surface area contributed by atoms with E-state index >= 15 is 0 Å². The summed E-state index contributed by atoms with van der Waals surface area (Å²) in [6.07, 6.45) is -0.987. The number of amides is 5. The maximum absolute atomic E-state index is 14.4. The van der Waals surface area contributed by atoms with Crippen LogP contribution in [0.4, 0.5) is 9.59 Å². The van der Waals surface area contributed by atoms with Crippen molar-refractivity contribution in [3.8, 4) is 11.1 Å². The number of alkyl carbamates (subject to hydrolysis) is 1. The van der Waals surface area contributed by atoms with Gasteiger partial charge in [0.05, 0.1) is 6.04 Å². The number of carboxylic acids is 1. The van der Waals surface area contributed by atoms with Crippen LogP contribution in [0.1, 0.15) is 41.5 Å². The zero-order chi connectivity index (χ0) is 36.1. The van der Waals surface area contributed by atoms with Crippen LogP contribution in [0.25, 0.3) is 11.1 Å². The number of ether oxygens (including phenoxy) is 1. The van der Waals surface area contributed by atoms with Gasteiger partial charge in [-0.25, -0.2) is 19.3 Å². The Morgan fingerprint density at radius 1 is 0.745 bits per heavy atom. The zero-order valence-electron chi connectivity index (χ0n) is 27.9. The summed E-state index contributed by atoms with van der Waals surface area (Å²) >= 11 is 0. The van der Waals surface area contributed by atoms with Crippen molar-refractivity contribution in [3.63, 3.8) is 0 Å². The van der Waals surface area contributed by atoms with Gasteiger partial charge >= 0.3 is 18.1 Å². The van der Waals surface area contributed by atoms with Crippen LogP contribution < -0.4 is 5.32 Å². The molecule has 6 rings (SSSR count). The van der Waals surface area contributed by atoms with Gasteiger partial charge in [0, 0.05) is 18.9 Å². The number of carboxylic acid groups (broad SMARTS) is 1. The van der Waals surface area contributed by atoms with Crippen molar-refractivity contribution in [1.29, 1.82) is 0 Å². The number of rotatable bonds is 13. The third-order valence-corrected chi connectivity index (χ3v) is 9.30. The smallest absolute Gasteiger partial charge is 0.407 e. The number of Topliss-reactive ketones (excluding diaryl/α,β-unsaturated/α-hetero) is 1. The van der Waals surface area contributed by atoms with E-state index in [2.05, 4.69) is 5.32 Å². The lowest BCUT2D eigenvalue weighted by atomic mass is 9.89. The van der Waals surface area contributed by atoms with E-state index in [-0.39, 0.29) is 31.9 Å². The Labute approximate surface area is 294 Å². The van der Waals surface area contributed by atoms with Gasteiger partial charge in [0.1, 0.15) is 12.6 Å². The first-order valence-corrected chi connectivity index (χ1v) is 16.8. The molecule has 0 radical (unpaired) electrons. The van der Waals surface area contributed by atoms with Crippen LogP contribution in [0.15, 0.2) is 109 Å². The molecule has 5 amide bonds. The maximum atomic E-state index is 14.4. The summed E-state index contributed by atoms with van der Waals surface area (Å²) in [5, 5.41) is 12.8. The van der Waals surface area contributed by atoms with Crippen LogP contribution in [0.5, 0.6) is 0 Å². The molecule has 0 bridgehead atoms. The van der Waals surface area contributed by atoms with E-state index in [0.29, 0.717) is 22.4 Å². The summed E-state index contributed by atoms with van der Waals surface area (Å²) in [5.41, 5.74) is 5.21. The lowest BCUT2D eigenvalue weighted by Crippen LogP contribution is -2.67. The number of ketones is 1. The first-order valence-electron chi connectivity index (χ1n) is 16.8. The van der Waals surface area contributed by atoms with Gasteiger partial charge in [-0.2, -0.15) is 0 Å².